The van der Waals surface area contributed by atoms with E-state index in [1.165, 1.54) is 0 Å². The van der Waals surface area contributed by atoms with E-state index in [9.17, 15) is 4.39 Å². The lowest BCUT2D eigenvalue weighted by molar-refractivity contribution is 0.188. The number of hydrogen-bond acceptors (Lipinski definition) is 2. The summed E-state index contributed by atoms with van der Waals surface area (Å²) >= 11 is 1.59. The molecule has 80 valence electrons. The van der Waals surface area contributed by atoms with Gasteiger partial charge in [0.2, 0.25) is 0 Å². The summed E-state index contributed by atoms with van der Waals surface area (Å²) in [5, 5.41) is 1.94. The second-order valence-corrected chi connectivity index (χ2v) is 5.10. The van der Waals surface area contributed by atoms with Crippen molar-refractivity contribution in [3.05, 3.63) is 21.9 Å². The summed E-state index contributed by atoms with van der Waals surface area (Å²) in [6.07, 6.45) is -0.911. The zero-order valence-corrected chi connectivity index (χ0v) is 9.77. The Kier molecular flexibility index (Phi) is 4.08. The van der Waals surface area contributed by atoms with E-state index in [0.717, 1.165) is 10.4 Å². The fourth-order valence-electron chi connectivity index (χ4n) is 1.64. The Labute approximate surface area is 89.1 Å². The molecule has 0 saturated heterocycles. The van der Waals surface area contributed by atoms with Crippen molar-refractivity contribution in [3.63, 3.8) is 0 Å². The number of alkyl halides is 1. The Hall–Kier alpha value is -0.410. The average molecular weight is 215 g/mol. The quantitative estimate of drug-likeness (QED) is 0.819. The Bertz CT molecular complexity index is 283. The van der Waals surface area contributed by atoms with E-state index in [-0.39, 0.29) is 11.8 Å². The molecule has 2 N–H and O–H groups in total. The van der Waals surface area contributed by atoms with Gasteiger partial charge in [0.05, 0.1) is 0 Å². The van der Waals surface area contributed by atoms with E-state index in [0.29, 0.717) is 6.54 Å². The summed E-state index contributed by atoms with van der Waals surface area (Å²) in [7, 11) is 0. The van der Waals surface area contributed by atoms with Crippen LogP contribution in [0.2, 0.25) is 0 Å². The molecule has 0 fully saturated rings. The Morgan fingerprint density at radius 1 is 1.50 bits per heavy atom. The highest BCUT2D eigenvalue weighted by molar-refractivity contribution is 7.10. The SMILES string of the molecule is Cc1sccc1C(F)C(CN)C(C)C. The second-order valence-electron chi connectivity index (χ2n) is 3.98. The number of hydrogen-bond donors (Lipinski definition) is 1. The van der Waals surface area contributed by atoms with Gasteiger partial charge in [-0.1, -0.05) is 13.8 Å². The standard InChI is InChI=1S/C11H18FNS/c1-7(2)10(6-13)11(12)9-4-5-14-8(9)3/h4-5,7,10-11H,6,13H2,1-3H3. The van der Waals surface area contributed by atoms with Crippen molar-refractivity contribution in [3.8, 4) is 0 Å². The predicted molar refractivity (Wildman–Crippen MR) is 60.3 cm³/mol. The van der Waals surface area contributed by atoms with Crippen molar-refractivity contribution in [2.45, 2.75) is 26.9 Å². The van der Waals surface area contributed by atoms with E-state index < -0.39 is 6.17 Å². The lowest BCUT2D eigenvalue weighted by Gasteiger charge is -2.23. The normalized spacial score (nSPS) is 15.9. The molecule has 2 unspecified atom stereocenters. The summed E-state index contributed by atoms with van der Waals surface area (Å²) in [5.41, 5.74) is 6.41. The van der Waals surface area contributed by atoms with Crippen molar-refractivity contribution in [2.75, 3.05) is 6.54 Å². The van der Waals surface area contributed by atoms with Crippen molar-refractivity contribution < 1.29 is 4.39 Å². The highest BCUT2D eigenvalue weighted by Gasteiger charge is 2.25. The van der Waals surface area contributed by atoms with Crippen LogP contribution in [-0.4, -0.2) is 6.54 Å². The van der Waals surface area contributed by atoms with Gasteiger partial charge in [0.25, 0.3) is 0 Å². The van der Waals surface area contributed by atoms with Crippen LogP contribution in [0.3, 0.4) is 0 Å². The molecule has 1 aromatic heterocycles. The van der Waals surface area contributed by atoms with Crippen LogP contribution in [0, 0.1) is 18.8 Å². The molecule has 0 spiro atoms. The topological polar surface area (TPSA) is 26.0 Å². The van der Waals surface area contributed by atoms with E-state index in [4.69, 9.17) is 5.73 Å². The molecular formula is C11H18FNS. The predicted octanol–water partition coefficient (Wildman–Crippen LogP) is 3.30. The van der Waals surface area contributed by atoms with Gasteiger partial charge in [-0.2, -0.15) is 0 Å². The first-order valence-electron chi connectivity index (χ1n) is 4.96. The minimum Gasteiger partial charge on any atom is -0.330 e. The van der Waals surface area contributed by atoms with Crippen molar-refractivity contribution >= 4 is 11.3 Å². The van der Waals surface area contributed by atoms with Crippen LogP contribution in [0.4, 0.5) is 4.39 Å². The second kappa shape index (κ2) is 4.89. The molecule has 0 aliphatic heterocycles. The highest BCUT2D eigenvalue weighted by Crippen LogP contribution is 2.34. The van der Waals surface area contributed by atoms with Crippen molar-refractivity contribution in [1.29, 1.82) is 0 Å². The summed E-state index contributed by atoms with van der Waals surface area (Å²) in [5.74, 6) is 0.220. The fourth-order valence-corrected chi connectivity index (χ4v) is 2.38. The van der Waals surface area contributed by atoms with Gasteiger partial charge in [-0.25, -0.2) is 4.39 Å². The minimum atomic E-state index is -0.911. The highest BCUT2D eigenvalue weighted by atomic mass is 32.1. The zero-order valence-electron chi connectivity index (χ0n) is 8.96. The summed E-state index contributed by atoms with van der Waals surface area (Å²) < 4.78 is 14.1. The van der Waals surface area contributed by atoms with Crippen LogP contribution in [0.1, 0.15) is 30.5 Å². The lowest BCUT2D eigenvalue weighted by atomic mass is 9.88. The first-order chi connectivity index (χ1) is 6.57. The van der Waals surface area contributed by atoms with E-state index in [1.54, 1.807) is 11.3 Å². The smallest absolute Gasteiger partial charge is 0.130 e. The van der Waals surface area contributed by atoms with Crippen LogP contribution in [0.25, 0.3) is 0 Å². The molecule has 1 nitrogen and oxygen atoms in total. The van der Waals surface area contributed by atoms with Crippen LogP contribution in [-0.2, 0) is 0 Å². The molecule has 0 radical (unpaired) electrons. The maximum atomic E-state index is 14.1. The van der Waals surface area contributed by atoms with Gasteiger partial charge in [-0.05, 0) is 36.4 Å². The van der Waals surface area contributed by atoms with Gasteiger partial charge in [0.1, 0.15) is 6.17 Å². The first-order valence-corrected chi connectivity index (χ1v) is 5.84. The number of nitrogens with two attached hydrogens (primary N) is 1. The van der Waals surface area contributed by atoms with Crippen LogP contribution in [0.5, 0.6) is 0 Å². The maximum absolute atomic E-state index is 14.1. The molecule has 0 amide bonds. The molecular weight excluding hydrogens is 197 g/mol. The molecule has 1 heterocycles. The largest absolute Gasteiger partial charge is 0.330 e. The van der Waals surface area contributed by atoms with Crippen molar-refractivity contribution in [2.24, 2.45) is 17.6 Å². The van der Waals surface area contributed by atoms with Gasteiger partial charge in [-0.15, -0.1) is 11.3 Å². The zero-order chi connectivity index (χ0) is 10.7. The fraction of sp³-hybridized carbons (Fsp3) is 0.636. The van der Waals surface area contributed by atoms with Gasteiger partial charge < -0.3 is 5.73 Å². The van der Waals surface area contributed by atoms with Gasteiger partial charge >= 0.3 is 0 Å². The third kappa shape index (κ3) is 2.34. The minimum absolute atomic E-state index is 0.0664. The Morgan fingerprint density at radius 3 is 2.50 bits per heavy atom. The average Bonchev–Trinajstić information content (AvgIpc) is 2.51. The number of rotatable bonds is 4. The third-order valence-electron chi connectivity index (χ3n) is 2.70. The molecule has 0 bridgehead atoms. The molecule has 0 aliphatic carbocycles. The monoisotopic (exact) mass is 215 g/mol. The number of halogens is 1. The molecule has 0 aromatic carbocycles. The van der Waals surface area contributed by atoms with Gasteiger partial charge in [-0.3, -0.25) is 0 Å². The first kappa shape index (κ1) is 11.7. The van der Waals surface area contributed by atoms with E-state index in [2.05, 4.69) is 0 Å². The molecule has 0 aliphatic rings. The number of aryl methyl sites for hydroxylation is 1. The molecule has 3 heteroatoms. The number of thiophene rings is 1. The summed E-state index contributed by atoms with van der Waals surface area (Å²) in [6.45, 7) is 6.41. The van der Waals surface area contributed by atoms with Crippen LogP contribution >= 0.6 is 11.3 Å². The van der Waals surface area contributed by atoms with E-state index in [1.807, 2.05) is 32.2 Å². The maximum Gasteiger partial charge on any atom is 0.130 e. The van der Waals surface area contributed by atoms with Gasteiger partial charge in [0, 0.05) is 10.8 Å². The van der Waals surface area contributed by atoms with Gasteiger partial charge in [0.15, 0.2) is 0 Å². The molecule has 1 rings (SSSR count). The summed E-state index contributed by atoms with van der Waals surface area (Å²) in [4.78, 5) is 1.07. The van der Waals surface area contributed by atoms with E-state index >= 15 is 0 Å². The molecule has 1 aromatic rings. The lowest BCUT2D eigenvalue weighted by Crippen LogP contribution is -2.24. The van der Waals surface area contributed by atoms with Crippen molar-refractivity contribution in [1.82, 2.24) is 0 Å². The third-order valence-corrected chi connectivity index (χ3v) is 3.56. The molecule has 2 atom stereocenters. The van der Waals surface area contributed by atoms with Crippen LogP contribution in [0.15, 0.2) is 11.4 Å². The van der Waals surface area contributed by atoms with Crippen LogP contribution < -0.4 is 5.73 Å². The molecule has 0 saturated carbocycles. The summed E-state index contributed by atoms with van der Waals surface area (Å²) in [6, 6.07) is 1.87. The Balaban J connectivity index is 2.83. The molecule has 14 heavy (non-hydrogen) atoms. The Morgan fingerprint density at radius 2 is 2.14 bits per heavy atom.